The normalized spacial score (nSPS) is 11.7. The zero-order valence-corrected chi connectivity index (χ0v) is 18.5. The first-order chi connectivity index (χ1) is 13.1. The first-order valence-electron chi connectivity index (χ1n) is 9.31. The third kappa shape index (κ3) is 4.50. The van der Waals surface area contributed by atoms with Gasteiger partial charge in [-0.25, -0.2) is 8.42 Å². The number of benzene rings is 2. The van der Waals surface area contributed by atoms with E-state index in [0.29, 0.717) is 5.69 Å². The molecule has 0 aliphatic carbocycles. The number of amides is 1. The number of hydrogen-bond donors (Lipinski definition) is 0. The van der Waals surface area contributed by atoms with Crippen LogP contribution in [0.25, 0.3) is 0 Å². The molecule has 0 aliphatic heterocycles. The maximum Gasteiger partial charge on any atom is 0.264 e. The molecule has 28 heavy (non-hydrogen) atoms. The summed E-state index contributed by atoms with van der Waals surface area (Å²) in [4.78, 5) is 14.8. The highest BCUT2D eigenvalue weighted by Gasteiger charge is 2.28. The van der Waals surface area contributed by atoms with Crippen LogP contribution in [-0.2, 0) is 10.0 Å². The molecule has 0 unspecified atom stereocenters. The van der Waals surface area contributed by atoms with E-state index in [1.807, 2.05) is 33.8 Å². The van der Waals surface area contributed by atoms with Crippen LogP contribution in [0.1, 0.15) is 45.0 Å². The van der Waals surface area contributed by atoms with E-state index in [0.717, 1.165) is 0 Å². The molecule has 2 aromatic rings. The van der Waals surface area contributed by atoms with Crippen LogP contribution in [0.5, 0.6) is 0 Å². The van der Waals surface area contributed by atoms with Crippen LogP contribution in [-0.4, -0.2) is 37.9 Å². The fraction of sp³-hybridized carbons (Fsp3) is 0.381. The topological polar surface area (TPSA) is 57.7 Å². The molecule has 0 aliphatic rings. The highest BCUT2D eigenvalue weighted by atomic mass is 35.5. The van der Waals surface area contributed by atoms with Crippen LogP contribution >= 0.6 is 11.6 Å². The molecule has 0 radical (unpaired) electrons. The summed E-state index contributed by atoms with van der Waals surface area (Å²) < 4.78 is 27.8. The van der Waals surface area contributed by atoms with E-state index in [2.05, 4.69) is 0 Å². The molecule has 0 saturated carbocycles. The van der Waals surface area contributed by atoms with Crippen molar-refractivity contribution in [1.29, 1.82) is 0 Å². The van der Waals surface area contributed by atoms with Crippen LogP contribution < -0.4 is 4.31 Å². The summed E-state index contributed by atoms with van der Waals surface area (Å²) in [6.45, 7) is 9.70. The van der Waals surface area contributed by atoms with Crippen molar-refractivity contribution in [3.8, 4) is 0 Å². The Bertz CT molecular complexity index is 920. The van der Waals surface area contributed by atoms with E-state index >= 15 is 0 Å². The maximum atomic E-state index is 13.2. The maximum absolute atomic E-state index is 13.2. The number of nitrogens with zero attached hydrogens (tertiary/aromatic N) is 2. The number of para-hydroxylation sites is 1. The Hall–Kier alpha value is -2.05. The summed E-state index contributed by atoms with van der Waals surface area (Å²) in [6.07, 6.45) is 0. The Kier molecular flexibility index (Phi) is 7.12. The number of hydrogen-bond acceptors (Lipinski definition) is 3. The number of carbonyl (C=O) groups excluding carboxylic acids is 1. The predicted octanol–water partition coefficient (Wildman–Crippen LogP) is 4.81. The van der Waals surface area contributed by atoms with Crippen molar-refractivity contribution < 1.29 is 13.2 Å². The molecule has 152 valence electrons. The lowest BCUT2D eigenvalue weighted by atomic mass is 10.1. The summed E-state index contributed by atoms with van der Waals surface area (Å²) in [7, 11) is -3.84. The Morgan fingerprint density at radius 1 is 1.00 bits per heavy atom. The van der Waals surface area contributed by atoms with Gasteiger partial charge in [0.15, 0.2) is 0 Å². The molecule has 0 atom stereocenters. The smallest absolute Gasteiger partial charge is 0.264 e. The van der Waals surface area contributed by atoms with Gasteiger partial charge >= 0.3 is 0 Å². The molecule has 7 heteroatoms. The zero-order chi connectivity index (χ0) is 21.1. The molecular formula is C21H27ClN2O3S. The lowest BCUT2D eigenvalue weighted by molar-refractivity contribution is 0.0643. The Balaban J connectivity index is 2.53. The average molecular weight is 423 g/mol. The lowest BCUT2D eigenvalue weighted by Crippen LogP contribution is -2.42. The van der Waals surface area contributed by atoms with Crippen LogP contribution in [0.3, 0.4) is 0 Å². The Labute approximate surface area is 173 Å². The Morgan fingerprint density at radius 2 is 1.57 bits per heavy atom. The summed E-state index contributed by atoms with van der Waals surface area (Å²) in [5.74, 6) is -0.283. The largest absolute Gasteiger partial charge is 0.334 e. The molecule has 0 N–H and O–H groups in total. The van der Waals surface area contributed by atoms with Gasteiger partial charge in [0.1, 0.15) is 0 Å². The number of sulfonamides is 1. The summed E-state index contributed by atoms with van der Waals surface area (Å²) in [6, 6.07) is 13.1. The summed E-state index contributed by atoms with van der Waals surface area (Å²) in [5.41, 5.74) is 0.757. The van der Waals surface area contributed by atoms with Gasteiger partial charge in [0.2, 0.25) is 0 Å². The van der Waals surface area contributed by atoms with Gasteiger partial charge < -0.3 is 4.90 Å². The Morgan fingerprint density at radius 3 is 2.07 bits per heavy atom. The molecule has 0 spiro atoms. The van der Waals surface area contributed by atoms with Crippen molar-refractivity contribution in [3.63, 3.8) is 0 Å². The average Bonchev–Trinajstić information content (AvgIpc) is 2.62. The fourth-order valence-electron chi connectivity index (χ4n) is 3.25. The number of carbonyl (C=O) groups is 1. The molecular weight excluding hydrogens is 396 g/mol. The molecule has 2 aromatic carbocycles. The first-order valence-corrected chi connectivity index (χ1v) is 11.1. The zero-order valence-electron chi connectivity index (χ0n) is 16.9. The van der Waals surface area contributed by atoms with E-state index in [4.69, 9.17) is 11.6 Å². The molecule has 0 bridgehead atoms. The molecule has 0 saturated heterocycles. The number of rotatable bonds is 7. The van der Waals surface area contributed by atoms with Gasteiger partial charge in [-0.1, -0.05) is 29.8 Å². The summed E-state index contributed by atoms with van der Waals surface area (Å²) >= 11 is 6.27. The first kappa shape index (κ1) is 22.2. The van der Waals surface area contributed by atoms with E-state index in [-0.39, 0.29) is 40.0 Å². The molecule has 0 heterocycles. The molecule has 5 nitrogen and oxygen atoms in total. The third-order valence-electron chi connectivity index (χ3n) is 4.43. The highest BCUT2D eigenvalue weighted by molar-refractivity contribution is 7.92. The van der Waals surface area contributed by atoms with Gasteiger partial charge in [0.05, 0.1) is 21.2 Å². The van der Waals surface area contributed by atoms with Gasteiger partial charge in [-0.15, -0.1) is 0 Å². The van der Waals surface area contributed by atoms with Gasteiger partial charge in [0.25, 0.3) is 15.9 Å². The standard InChI is InChI=1S/C21H27ClN2O3S/c1-6-23(17-10-8-7-9-11-17)28(26,27)18-12-13-20(22)19(14-18)21(25)24(15(2)3)16(4)5/h7-16H,6H2,1-5H3. The van der Waals surface area contributed by atoms with Gasteiger partial charge in [-0.2, -0.15) is 0 Å². The van der Waals surface area contributed by atoms with Crippen molar-refractivity contribution in [2.45, 2.75) is 51.6 Å². The summed E-state index contributed by atoms with van der Waals surface area (Å²) in [5, 5.41) is 0.234. The second kappa shape index (κ2) is 8.97. The van der Waals surface area contributed by atoms with Gasteiger partial charge in [-0.3, -0.25) is 9.10 Å². The van der Waals surface area contributed by atoms with E-state index < -0.39 is 10.0 Å². The second-order valence-electron chi connectivity index (χ2n) is 7.05. The van der Waals surface area contributed by atoms with Crippen LogP contribution in [0.4, 0.5) is 5.69 Å². The van der Waals surface area contributed by atoms with E-state index in [1.165, 1.54) is 22.5 Å². The highest BCUT2D eigenvalue weighted by Crippen LogP contribution is 2.28. The minimum absolute atomic E-state index is 0.0402. The molecule has 1 amide bonds. The van der Waals surface area contributed by atoms with E-state index in [1.54, 1.807) is 36.1 Å². The van der Waals surface area contributed by atoms with Gasteiger partial charge in [0, 0.05) is 18.6 Å². The van der Waals surface area contributed by atoms with Crippen LogP contribution in [0.2, 0.25) is 5.02 Å². The van der Waals surface area contributed by atoms with Crippen molar-refractivity contribution in [2.24, 2.45) is 0 Å². The van der Waals surface area contributed by atoms with Crippen LogP contribution in [0.15, 0.2) is 53.4 Å². The van der Waals surface area contributed by atoms with Crippen molar-refractivity contribution in [1.82, 2.24) is 4.90 Å². The SMILES string of the molecule is CCN(c1ccccc1)S(=O)(=O)c1ccc(Cl)c(C(=O)N(C(C)C)C(C)C)c1. The van der Waals surface area contributed by atoms with Crippen molar-refractivity contribution >= 4 is 33.2 Å². The third-order valence-corrected chi connectivity index (χ3v) is 6.66. The van der Waals surface area contributed by atoms with Crippen molar-refractivity contribution in [2.75, 3.05) is 10.8 Å². The predicted molar refractivity (Wildman–Crippen MR) is 115 cm³/mol. The monoisotopic (exact) mass is 422 g/mol. The fourth-order valence-corrected chi connectivity index (χ4v) is 4.94. The number of anilines is 1. The molecule has 2 rings (SSSR count). The second-order valence-corrected chi connectivity index (χ2v) is 9.32. The van der Waals surface area contributed by atoms with Crippen LogP contribution in [0, 0.1) is 0 Å². The number of halogens is 1. The minimum Gasteiger partial charge on any atom is -0.334 e. The molecule has 0 aromatic heterocycles. The van der Waals surface area contributed by atoms with E-state index in [9.17, 15) is 13.2 Å². The lowest BCUT2D eigenvalue weighted by Gasteiger charge is -2.31. The molecule has 0 fully saturated rings. The minimum atomic E-state index is -3.84. The quantitative estimate of drug-likeness (QED) is 0.643. The van der Waals surface area contributed by atoms with Crippen molar-refractivity contribution in [3.05, 3.63) is 59.1 Å². The van der Waals surface area contributed by atoms with Gasteiger partial charge in [-0.05, 0) is 65.0 Å².